The van der Waals surface area contributed by atoms with Gasteiger partial charge in [-0.1, -0.05) is 59.3 Å². The van der Waals surface area contributed by atoms with Crippen molar-refractivity contribution in [2.24, 2.45) is 23.7 Å². The lowest BCUT2D eigenvalue weighted by Gasteiger charge is -2.43. The molecule has 0 aliphatic heterocycles. The Labute approximate surface area is 133 Å². The highest BCUT2D eigenvalue weighted by Gasteiger charge is 2.35. The second-order valence-electron chi connectivity index (χ2n) is 7.86. The fourth-order valence-electron chi connectivity index (χ4n) is 5.03. The molecule has 1 heteroatoms. The van der Waals surface area contributed by atoms with Crippen molar-refractivity contribution in [3.8, 4) is 0 Å². The maximum atomic E-state index is 3.93. The third-order valence-electron chi connectivity index (χ3n) is 6.55. The molecule has 21 heavy (non-hydrogen) atoms. The van der Waals surface area contributed by atoms with Gasteiger partial charge < -0.3 is 5.32 Å². The lowest BCUT2D eigenvalue weighted by Crippen LogP contribution is -2.42. The Bertz CT molecular complexity index is 271. The second kappa shape index (κ2) is 9.18. The Kier molecular flexibility index (Phi) is 7.57. The van der Waals surface area contributed by atoms with E-state index in [4.69, 9.17) is 0 Å². The molecular weight excluding hydrogens is 254 g/mol. The highest BCUT2D eigenvalue weighted by Crippen LogP contribution is 2.44. The first kappa shape index (κ1) is 17.3. The topological polar surface area (TPSA) is 12.0 Å². The van der Waals surface area contributed by atoms with E-state index in [9.17, 15) is 0 Å². The van der Waals surface area contributed by atoms with Crippen molar-refractivity contribution in [3.63, 3.8) is 0 Å². The summed E-state index contributed by atoms with van der Waals surface area (Å²) in [5.41, 5.74) is 0. The predicted molar refractivity (Wildman–Crippen MR) is 93.6 cm³/mol. The van der Waals surface area contributed by atoms with Gasteiger partial charge in [0.1, 0.15) is 0 Å². The van der Waals surface area contributed by atoms with Gasteiger partial charge in [-0.15, -0.1) is 0 Å². The molecule has 0 amide bonds. The smallest absolute Gasteiger partial charge is 0.00980 e. The van der Waals surface area contributed by atoms with Crippen molar-refractivity contribution in [2.45, 2.75) is 97.4 Å². The summed E-state index contributed by atoms with van der Waals surface area (Å²) in [6.45, 7) is 8.28. The van der Waals surface area contributed by atoms with Crippen LogP contribution in [0.1, 0.15) is 91.4 Å². The third kappa shape index (κ3) is 4.98. The quantitative estimate of drug-likeness (QED) is 0.597. The average molecular weight is 294 g/mol. The molecule has 0 aromatic rings. The maximum absolute atomic E-state index is 3.93. The van der Waals surface area contributed by atoms with Crippen LogP contribution in [-0.2, 0) is 0 Å². The molecular formula is C20H39N. The molecule has 0 bridgehead atoms. The number of rotatable bonds is 8. The van der Waals surface area contributed by atoms with Crippen LogP contribution in [0.2, 0.25) is 0 Å². The normalized spacial score (nSPS) is 31.1. The number of fused-ring (bicyclic) bond motifs is 1. The Balaban J connectivity index is 1.92. The van der Waals surface area contributed by atoms with E-state index in [0.29, 0.717) is 0 Å². The van der Waals surface area contributed by atoms with Gasteiger partial charge in [-0.2, -0.15) is 0 Å². The Morgan fingerprint density at radius 3 is 2.29 bits per heavy atom. The number of nitrogens with one attached hydrogen (secondary N) is 1. The minimum absolute atomic E-state index is 0.803. The first-order chi connectivity index (χ1) is 10.3. The van der Waals surface area contributed by atoms with E-state index in [-0.39, 0.29) is 0 Å². The zero-order chi connectivity index (χ0) is 15.1. The van der Waals surface area contributed by atoms with Crippen LogP contribution in [0.25, 0.3) is 0 Å². The highest BCUT2D eigenvalue weighted by molar-refractivity contribution is 4.89. The SMILES string of the molecule is CCCNC(CC(CC)CC)C1CCC2CCCCC2C1. The molecule has 1 N–H and O–H groups in total. The van der Waals surface area contributed by atoms with Crippen LogP contribution in [0.4, 0.5) is 0 Å². The molecule has 0 saturated heterocycles. The lowest BCUT2D eigenvalue weighted by atomic mass is 9.65. The molecule has 0 heterocycles. The summed E-state index contributed by atoms with van der Waals surface area (Å²) in [6.07, 6.45) is 16.1. The summed E-state index contributed by atoms with van der Waals surface area (Å²) < 4.78 is 0. The van der Waals surface area contributed by atoms with Gasteiger partial charge in [-0.3, -0.25) is 0 Å². The highest BCUT2D eigenvalue weighted by atomic mass is 14.9. The summed E-state index contributed by atoms with van der Waals surface area (Å²) in [5.74, 6) is 4.07. The van der Waals surface area contributed by atoms with Crippen LogP contribution in [-0.4, -0.2) is 12.6 Å². The van der Waals surface area contributed by atoms with Gasteiger partial charge in [0, 0.05) is 6.04 Å². The Hall–Kier alpha value is -0.0400. The van der Waals surface area contributed by atoms with Crippen molar-refractivity contribution in [3.05, 3.63) is 0 Å². The molecule has 0 aromatic carbocycles. The molecule has 4 unspecified atom stereocenters. The van der Waals surface area contributed by atoms with Crippen molar-refractivity contribution in [2.75, 3.05) is 6.54 Å². The molecule has 1 nitrogen and oxygen atoms in total. The van der Waals surface area contributed by atoms with Crippen LogP contribution in [0.3, 0.4) is 0 Å². The van der Waals surface area contributed by atoms with Crippen LogP contribution in [0, 0.1) is 23.7 Å². The molecule has 124 valence electrons. The Morgan fingerprint density at radius 2 is 1.62 bits per heavy atom. The van der Waals surface area contributed by atoms with E-state index in [1.165, 1.54) is 77.2 Å². The van der Waals surface area contributed by atoms with Crippen molar-refractivity contribution in [1.82, 2.24) is 5.32 Å². The van der Waals surface area contributed by atoms with E-state index in [1.54, 1.807) is 0 Å². The second-order valence-corrected chi connectivity index (χ2v) is 7.86. The lowest BCUT2D eigenvalue weighted by molar-refractivity contribution is 0.102. The molecule has 0 radical (unpaired) electrons. The van der Waals surface area contributed by atoms with Gasteiger partial charge >= 0.3 is 0 Å². The van der Waals surface area contributed by atoms with Crippen LogP contribution < -0.4 is 5.32 Å². The third-order valence-corrected chi connectivity index (χ3v) is 6.55. The van der Waals surface area contributed by atoms with E-state index in [2.05, 4.69) is 26.1 Å². The summed E-state index contributed by atoms with van der Waals surface area (Å²) >= 11 is 0. The standard InChI is InChI=1S/C20H39N/c1-4-13-21-20(14-16(5-2)6-3)19-12-11-17-9-7-8-10-18(17)15-19/h16-21H,4-15H2,1-3H3. The fraction of sp³-hybridized carbons (Fsp3) is 1.00. The first-order valence-electron chi connectivity index (χ1n) is 10.0. The molecule has 2 aliphatic rings. The van der Waals surface area contributed by atoms with E-state index < -0.39 is 0 Å². The molecule has 2 rings (SSSR count). The fourth-order valence-corrected chi connectivity index (χ4v) is 5.03. The number of hydrogen-bond acceptors (Lipinski definition) is 1. The summed E-state index contributed by atoms with van der Waals surface area (Å²) in [4.78, 5) is 0. The zero-order valence-corrected chi connectivity index (χ0v) is 14.9. The van der Waals surface area contributed by atoms with E-state index >= 15 is 0 Å². The molecule has 2 fully saturated rings. The van der Waals surface area contributed by atoms with Gasteiger partial charge in [0.05, 0.1) is 0 Å². The zero-order valence-electron chi connectivity index (χ0n) is 14.9. The van der Waals surface area contributed by atoms with Gasteiger partial charge in [-0.05, 0) is 62.3 Å². The molecule has 0 spiro atoms. The summed E-state index contributed by atoms with van der Waals surface area (Å²) in [6, 6.07) is 0.803. The predicted octanol–water partition coefficient (Wildman–Crippen LogP) is 5.79. The molecule has 2 aliphatic carbocycles. The van der Waals surface area contributed by atoms with Gasteiger partial charge in [0.2, 0.25) is 0 Å². The van der Waals surface area contributed by atoms with E-state index in [1.807, 2.05) is 0 Å². The maximum Gasteiger partial charge on any atom is 0.00980 e. The number of hydrogen-bond donors (Lipinski definition) is 1. The van der Waals surface area contributed by atoms with Gasteiger partial charge in [0.15, 0.2) is 0 Å². The van der Waals surface area contributed by atoms with Gasteiger partial charge in [-0.25, -0.2) is 0 Å². The summed E-state index contributed by atoms with van der Waals surface area (Å²) in [7, 11) is 0. The van der Waals surface area contributed by atoms with Crippen molar-refractivity contribution in [1.29, 1.82) is 0 Å². The van der Waals surface area contributed by atoms with Crippen molar-refractivity contribution >= 4 is 0 Å². The van der Waals surface area contributed by atoms with Gasteiger partial charge in [0.25, 0.3) is 0 Å². The molecule has 0 aromatic heterocycles. The van der Waals surface area contributed by atoms with Crippen LogP contribution >= 0.6 is 0 Å². The minimum Gasteiger partial charge on any atom is -0.314 e. The van der Waals surface area contributed by atoms with E-state index in [0.717, 1.165) is 29.7 Å². The van der Waals surface area contributed by atoms with Crippen molar-refractivity contribution < 1.29 is 0 Å². The Morgan fingerprint density at radius 1 is 0.905 bits per heavy atom. The largest absolute Gasteiger partial charge is 0.314 e. The average Bonchev–Trinajstić information content (AvgIpc) is 2.55. The molecule has 4 atom stereocenters. The minimum atomic E-state index is 0.803. The molecule has 2 saturated carbocycles. The summed E-state index contributed by atoms with van der Waals surface area (Å²) in [5, 5.41) is 3.93. The van der Waals surface area contributed by atoms with Crippen LogP contribution in [0.5, 0.6) is 0 Å². The monoisotopic (exact) mass is 293 g/mol. The first-order valence-corrected chi connectivity index (χ1v) is 10.0. The van der Waals surface area contributed by atoms with Crippen LogP contribution in [0.15, 0.2) is 0 Å².